The quantitative estimate of drug-likeness (QED) is 0.824. The zero-order chi connectivity index (χ0) is 16.3. The molecular weight excluding hydrogens is 350 g/mol. The van der Waals surface area contributed by atoms with Crippen LogP contribution < -0.4 is 4.90 Å². The molecule has 1 aromatic rings. The van der Waals surface area contributed by atoms with E-state index in [1.54, 1.807) is 25.2 Å². The zero-order valence-electron chi connectivity index (χ0n) is 12.7. The van der Waals surface area contributed by atoms with E-state index in [9.17, 15) is 14.7 Å². The summed E-state index contributed by atoms with van der Waals surface area (Å²) in [6.07, 6.45) is 0.181. The third-order valence-corrected chi connectivity index (χ3v) is 4.99. The molecule has 22 heavy (non-hydrogen) atoms. The molecule has 2 aliphatic heterocycles. The SMILES string of the molecule is CN1C(=O)[C@@](O)([C@H]2COC(C)(C)CC2=O)c2cc(Br)ccc21. The molecule has 0 aliphatic carbocycles. The molecule has 0 unspecified atom stereocenters. The zero-order valence-corrected chi connectivity index (χ0v) is 14.3. The summed E-state index contributed by atoms with van der Waals surface area (Å²) >= 11 is 3.36. The number of hydrogen-bond donors (Lipinski definition) is 1. The number of anilines is 1. The minimum atomic E-state index is -1.86. The van der Waals surface area contributed by atoms with Crippen molar-refractivity contribution in [3.05, 3.63) is 28.2 Å². The van der Waals surface area contributed by atoms with Gasteiger partial charge in [-0.1, -0.05) is 15.9 Å². The fourth-order valence-electron chi connectivity index (χ4n) is 3.27. The number of fused-ring (bicyclic) bond motifs is 1. The van der Waals surface area contributed by atoms with Crippen LogP contribution in [0, 0.1) is 5.92 Å². The summed E-state index contributed by atoms with van der Waals surface area (Å²) in [5.41, 5.74) is -1.34. The Morgan fingerprint density at radius 1 is 1.36 bits per heavy atom. The second-order valence-electron chi connectivity index (χ2n) is 6.56. The summed E-state index contributed by atoms with van der Waals surface area (Å²) in [4.78, 5) is 26.6. The molecule has 118 valence electrons. The molecule has 0 spiro atoms. The average Bonchev–Trinajstić information content (AvgIpc) is 2.60. The summed E-state index contributed by atoms with van der Waals surface area (Å²) < 4.78 is 6.44. The van der Waals surface area contributed by atoms with Gasteiger partial charge in [0.15, 0.2) is 5.60 Å². The molecule has 6 heteroatoms. The number of ether oxygens (including phenoxy) is 1. The van der Waals surface area contributed by atoms with Gasteiger partial charge in [-0.05, 0) is 32.0 Å². The fraction of sp³-hybridized carbons (Fsp3) is 0.500. The maximum atomic E-state index is 12.7. The Balaban J connectivity index is 2.08. The Hall–Kier alpha value is -1.24. The molecule has 1 saturated heterocycles. The van der Waals surface area contributed by atoms with Gasteiger partial charge in [0.05, 0.1) is 23.8 Å². The molecule has 1 fully saturated rings. The second-order valence-corrected chi connectivity index (χ2v) is 7.47. The Kier molecular flexibility index (Phi) is 3.47. The summed E-state index contributed by atoms with van der Waals surface area (Å²) in [6.45, 7) is 3.70. The number of benzene rings is 1. The predicted octanol–water partition coefficient (Wildman–Crippen LogP) is 2.00. The van der Waals surface area contributed by atoms with Gasteiger partial charge in [-0.15, -0.1) is 0 Å². The van der Waals surface area contributed by atoms with Gasteiger partial charge in [-0.25, -0.2) is 0 Å². The molecule has 3 rings (SSSR count). The highest BCUT2D eigenvalue weighted by Crippen LogP contribution is 2.47. The van der Waals surface area contributed by atoms with Crippen molar-refractivity contribution < 1.29 is 19.4 Å². The van der Waals surface area contributed by atoms with Gasteiger partial charge in [0.2, 0.25) is 0 Å². The van der Waals surface area contributed by atoms with Crippen molar-refractivity contribution in [2.24, 2.45) is 5.92 Å². The molecule has 0 saturated carbocycles. The van der Waals surface area contributed by atoms with E-state index in [4.69, 9.17) is 4.74 Å². The molecule has 1 N–H and O–H groups in total. The second kappa shape index (κ2) is 4.88. The van der Waals surface area contributed by atoms with Crippen LogP contribution in [-0.2, 0) is 19.9 Å². The Morgan fingerprint density at radius 2 is 2.05 bits per heavy atom. The Morgan fingerprint density at radius 3 is 2.68 bits per heavy atom. The number of Topliss-reactive ketones (excluding diaryl/α,β-unsaturated/α-hetero) is 1. The van der Waals surface area contributed by atoms with Crippen molar-refractivity contribution in [2.75, 3.05) is 18.6 Å². The summed E-state index contributed by atoms with van der Waals surface area (Å²) in [6, 6.07) is 5.26. The van der Waals surface area contributed by atoms with Crippen molar-refractivity contribution in [1.82, 2.24) is 0 Å². The van der Waals surface area contributed by atoms with Gasteiger partial charge in [0.25, 0.3) is 5.91 Å². The summed E-state index contributed by atoms with van der Waals surface area (Å²) in [7, 11) is 1.60. The Labute approximate surface area is 137 Å². The van der Waals surface area contributed by atoms with Gasteiger partial charge in [0, 0.05) is 23.5 Å². The smallest absolute Gasteiger partial charge is 0.264 e. The minimum Gasteiger partial charge on any atom is -0.375 e. The number of aliphatic hydroxyl groups is 1. The van der Waals surface area contributed by atoms with E-state index in [1.165, 1.54) is 4.90 Å². The molecule has 0 radical (unpaired) electrons. The molecule has 2 heterocycles. The summed E-state index contributed by atoms with van der Waals surface area (Å²) in [5, 5.41) is 11.2. The topological polar surface area (TPSA) is 66.8 Å². The molecular formula is C16H18BrNO4. The van der Waals surface area contributed by atoms with E-state index < -0.39 is 23.0 Å². The molecule has 1 amide bonds. The number of amides is 1. The van der Waals surface area contributed by atoms with Crippen LogP contribution in [0.25, 0.3) is 0 Å². The van der Waals surface area contributed by atoms with Crippen LogP contribution in [0.15, 0.2) is 22.7 Å². The number of carbonyl (C=O) groups excluding carboxylic acids is 2. The maximum Gasteiger partial charge on any atom is 0.264 e. The Bertz CT molecular complexity index is 672. The average molecular weight is 368 g/mol. The first-order valence-corrected chi connectivity index (χ1v) is 7.93. The van der Waals surface area contributed by atoms with Crippen LogP contribution in [0.4, 0.5) is 5.69 Å². The van der Waals surface area contributed by atoms with Crippen LogP contribution in [0.3, 0.4) is 0 Å². The first-order valence-electron chi connectivity index (χ1n) is 7.14. The van der Waals surface area contributed by atoms with E-state index >= 15 is 0 Å². The van der Waals surface area contributed by atoms with Crippen molar-refractivity contribution >= 4 is 33.3 Å². The molecule has 2 aliphatic rings. The third kappa shape index (κ3) is 2.13. The van der Waals surface area contributed by atoms with E-state index in [0.29, 0.717) is 11.3 Å². The fourth-order valence-corrected chi connectivity index (χ4v) is 3.63. The van der Waals surface area contributed by atoms with Crippen molar-refractivity contribution in [3.63, 3.8) is 0 Å². The summed E-state index contributed by atoms with van der Waals surface area (Å²) in [5.74, 6) is -1.51. The molecule has 0 bridgehead atoms. The van der Waals surface area contributed by atoms with Crippen molar-refractivity contribution in [3.8, 4) is 0 Å². The van der Waals surface area contributed by atoms with E-state index in [0.717, 1.165) is 4.47 Å². The highest BCUT2D eigenvalue weighted by molar-refractivity contribution is 9.10. The van der Waals surface area contributed by atoms with Crippen LogP contribution >= 0.6 is 15.9 Å². The monoisotopic (exact) mass is 367 g/mol. The van der Waals surface area contributed by atoms with Gasteiger partial charge in [0.1, 0.15) is 5.78 Å². The van der Waals surface area contributed by atoms with Crippen LogP contribution in [0.2, 0.25) is 0 Å². The van der Waals surface area contributed by atoms with Gasteiger partial charge < -0.3 is 14.7 Å². The van der Waals surface area contributed by atoms with Gasteiger partial charge >= 0.3 is 0 Å². The highest BCUT2D eigenvalue weighted by Gasteiger charge is 2.58. The first-order chi connectivity index (χ1) is 10.2. The number of carbonyl (C=O) groups is 2. The predicted molar refractivity (Wildman–Crippen MR) is 84.6 cm³/mol. The number of rotatable bonds is 1. The minimum absolute atomic E-state index is 0.0356. The van der Waals surface area contributed by atoms with E-state index in [-0.39, 0.29) is 18.8 Å². The van der Waals surface area contributed by atoms with Crippen LogP contribution in [-0.4, -0.2) is 36.1 Å². The molecule has 1 aromatic carbocycles. The lowest BCUT2D eigenvalue weighted by atomic mass is 9.76. The van der Waals surface area contributed by atoms with Gasteiger partial charge in [-0.2, -0.15) is 0 Å². The van der Waals surface area contributed by atoms with Crippen LogP contribution in [0.5, 0.6) is 0 Å². The lowest BCUT2D eigenvalue weighted by Crippen LogP contribution is -2.54. The third-order valence-electron chi connectivity index (χ3n) is 4.49. The highest BCUT2D eigenvalue weighted by atomic mass is 79.9. The number of nitrogens with zero attached hydrogens (tertiary/aromatic N) is 1. The van der Waals surface area contributed by atoms with Gasteiger partial charge in [-0.3, -0.25) is 9.59 Å². The normalized spacial score (nSPS) is 30.6. The molecule has 0 aromatic heterocycles. The number of halogens is 1. The lowest BCUT2D eigenvalue weighted by molar-refractivity contribution is -0.172. The van der Waals surface area contributed by atoms with E-state index in [2.05, 4.69) is 15.9 Å². The number of likely N-dealkylation sites (N-methyl/N-ethyl adjacent to an activating group) is 1. The van der Waals surface area contributed by atoms with Crippen molar-refractivity contribution in [1.29, 1.82) is 0 Å². The van der Waals surface area contributed by atoms with E-state index in [1.807, 2.05) is 13.8 Å². The maximum absolute atomic E-state index is 12.7. The standard InChI is InChI=1S/C16H18BrNO4/c1-15(2)7-13(19)11(8-22-15)16(21)10-6-9(17)4-5-12(10)18(3)14(16)20/h4-6,11,21H,7-8H2,1-3H3/t11-,16-/m0/s1. The van der Waals surface area contributed by atoms with Crippen molar-refractivity contribution in [2.45, 2.75) is 31.5 Å². The first kappa shape index (κ1) is 15.6. The molecule has 5 nitrogen and oxygen atoms in total. The molecule has 2 atom stereocenters. The number of ketones is 1. The number of hydrogen-bond acceptors (Lipinski definition) is 4. The lowest BCUT2D eigenvalue weighted by Gasteiger charge is -2.39. The van der Waals surface area contributed by atoms with Crippen LogP contribution in [0.1, 0.15) is 25.8 Å². The largest absolute Gasteiger partial charge is 0.375 e.